The lowest BCUT2D eigenvalue weighted by atomic mass is 9.72. The smallest absolute Gasteiger partial charge is 0.531 e. The van der Waals surface area contributed by atoms with E-state index in [0.717, 1.165) is 28.6 Å². The Labute approximate surface area is 164 Å². The molecule has 2 aromatic heterocycles. The molecular formula is C20H26BN3O4. The minimum atomic E-state index is -1.02. The van der Waals surface area contributed by atoms with Gasteiger partial charge in [0, 0.05) is 36.2 Å². The van der Waals surface area contributed by atoms with E-state index in [-0.39, 0.29) is 12.0 Å². The molecule has 0 aliphatic carbocycles. The van der Waals surface area contributed by atoms with Gasteiger partial charge in [0.25, 0.3) is 0 Å². The van der Waals surface area contributed by atoms with Crippen LogP contribution >= 0.6 is 0 Å². The predicted molar refractivity (Wildman–Crippen MR) is 108 cm³/mol. The van der Waals surface area contributed by atoms with Gasteiger partial charge in [-0.25, -0.2) is 9.78 Å². The SMILES string of the molecule is CC1CCN(C(=O)OC(C)(C)C)C[C@H]1C1=CB(O)Oc2cnc3[nH]ccc3c21. The normalized spacial score (nSPS) is 22.5. The highest BCUT2D eigenvalue weighted by molar-refractivity contribution is 6.52. The number of pyridine rings is 1. The molecule has 4 rings (SSSR count). The van der Waals surface area contributed by atoms with Crippen molar-refractivity contribution in [3.05, 3.63) is 30.0 Å². The zero-order valence-electron chi connectivity index (χ0n) is 16.7. The Bertz CT molecular complexity index is 933. The van der Waals surface area contributed by atoms with Crippen molar-refractivity contribution in [2.24, 2.45) is 11.8 Å². The average molecular weight is 383 g/mol. The summed E-state index contributed by atoms with van der Waals surface area (Å²) in [6.07, 6.45) is 4.07. The summed E-state index contributed by atoms with van der Waals surface area (Å²) in [5, 5.41) is 11.2. The summed E-state index contributed by atoms with van der Waals surface area (Å²) in [7, 11) is -1.02. The molecular weight excluding hydrogens is 357 g/mol. The monoisotopic (exact) mass is 383 g/mol. The number of carbonyl (C=O) groups excluding carboxylic acids is 1. The molecule has 1 saturated heterocycles. The number of nitrogens with zero attached hydrogens (tertiary/aromatic N) is 2. The van der Waals surface area contributed by atoms with Crippen LogP contribution in [0.2, 0.25) is 0 Å². The number of H-pyrrole nitrogens is 1. The average Bonchev–Trinajstić information content (AvgIpc) is 3.08. The molecule has 148 valence electrons. The number of carbonyl (C=O) groups is 1. The zero-order valence-corrected chi connectivity index (χ0v) is 16.7. The van der Waals surface area contributed by atoms with Crippen LogP contribution in [0.5, 0.6) is 5.75 Å². The van der Waals surface area contributed by atoms with E-state index in [1.165, 1.54) is 0 Å². The van der Waals surface area contributed by atoms with E-state index >= 15 is 0 Å². The third kappa shape index (κ3) is 3.48. The molecule has 28 heavy (non-hydrogen) atoms. The van der Waals surface area contributed by atoms with Gasteiger partial charge in [0.15, 0.2) is 0 Å². The zero-order chi connectivity index (χ0) is 20.1. The van der Waals surface area contributed by atoms with Crippen LogP contribution in [0.3, 0.4) is 0 Å². The molecule has 2 N–H and O–H groups in total. The molecule has 0 saturated carbocycles. The summed E-state index contributed by atoms with van der Waals surface area (Å²) in [4.78, 5) is 21.9. The second-order valence-electron chi connectivity index (χ2n) is 8.67. The summed E-state index contributed by atoms with van der Waals surface area (Å²) >= 11 is 0. The molecule has 7 nitrogen and oxygen atoms in total. The fraction of sp³-hybridized carbons (Fsp3) is 0.500. The van der Waals surface area contributed by atoms with E-state index in [1.807, 2.05) is 33.0 Å². The van der Waals surface area contributed by atoms with Crippen molar-refractivity contribution in [3.8, 4) is 5.75 Å². The minimum absolute atomic E-state index is 0.0686. The fourth-order valence-electron chi connectivity index (χ4n) is 4.05. The van der Waals surface area contributed by atoms with E-state index in [0.29, 0.717) is 24.8 Å². The Hall–Kier alpha value is -2.48. The van der Waals surface area contributed by atoms with Gasteiger partial charge >= 0.3 is 13.2 Å². The molecule has 4 heterocycles. The van der Waals surface area contributed by atoms with E-state index in [1.54, 1.807) is 17.1 Å². The summed E-state index contributed by atoms with van der Waals surface area (Å²) in [5.74, 6) is 2.75. The summed E-state index contributed by atoms with van der Waals surface area (Å²) < 4.78 is 11.2. The standard InChI is InChI=1S/C20H26BN3O4/c1-12-6-8-24(19(25)27-20(2,3)4)11-15(12)14-9-21(26)28-16-10-23-18-13(17(14)16)5-7-22-18/h5,7,9-10,12,15,26H,6,8,11H2,1-4H3,(H,22,23)/t12?,15-/m1/s1. The van der Waals surface area contributed by atoms with E-state index in [2.05, 4.69) is 16.9 Å². The van der Waals surface area contributed by atoms with Crippen LogP contribution in [0.15, 0.2) is 24.4 Å². The van der Waals surface area contributed by atoms with Crippen molar-refractivity contribution >= 4 is 29.8 Å². The largest absolute Gasteiger partial charge is 0.552 e. The van der Waals surface area contributed by atoms with E-state index in [9.17, 15) is 9.82 Å². The third-order valence-corrected chi connectivity index (χ3v) is 5.42. The molecule has 0 bridgehead atoms. The second-order valence-corrected chi connectivity index (χ2v) is 8.67. The van der Waals surface area contributed by atoms with Crippen LogP contribution in [0, 0.1) is 11.8 Å². The Morgan fingerprint density at radius 2 is 2.25 bits per heavy atom. The summed E-state index contributed by atoms with van der Waals surface area (Å²) in [5.41, 5.74) is 2.19. The Kier molecular flexibility index (Phi) is 4.61. The van der Waals surface area contributed by atoms with E-state index in [4.69, 9.17) is 9.39 Å². The van der Waals surface area contributed by atoms with Gasteiger partial charge in [-0.15, -0.1) is 0 Å². The highest BCUT2D eigenvalue weighted by Crippen LogP contribution is 2.43. The van der Waals surface area contributed by atoms with Gasteiger partial charge in [-0.05, 0) is 50.7 Å². The lowest BCUT2D eigenvalue weighted by Gasteiger charge is -2.40. The Morgan fingerprint density at radius 1 is 1.46 bits per heavy atom. The molecule has 1 unspecified atom stereocenters. The van der Waals surface area contributed by atoms with Crippen LogP contribution in [-0.4, -0.2) is 51.8 Å². The highest BCUT2D eigenvalue weighted by Gasteiger charge is 2.38. The maximum atomic E-state index is 12.6. The molecule has 0 radical (unpaired) electrons. The van der Waals surface area contributed by atoms with Crippen LogP contribution < -0.4 is 4.65 Å². The third-order valence-electron chi connectivity index (χ3n) is 5.42. The molecule has 1 fully saturated rings. The van der Waals surface area contributed by atoms with E-state index < -0.39 is 12.7 Å². The molecule has 2 atom stereocenters. The number of fused-ring (bicyclic) bond motifs is 3. The van der Waals surface area contributed by atoms with Crippen LogP contribution in [0.25, 0.3) is 16.6 Å². The first kappa shape index (κ1) is 18.9. The molecule has 2 aliphatic heterocycles. The lowest BCUT2D eigenvalue weighted by molar-refractivity contribution is 0.0152. The van der Waals surface area contributed by atoms with Gasteiger partial charge in [-0.2, -0.15) is 0 Å². The van der Waals surface area contributed by atoms with Crippen LogP contribution in [0.4, 0.5) is 4.79 Å². The number of nitrogens with one attached hydrogen (secondary N) is 1. The topological polar surface area (TPSA) is 87.7 Å². The number of likely N-dealkylation sites (tertiary alicyclic amines) is 1. The van der Waals surface area contributed by atoms with Gasteiger partial charge in [-0.3, -0.25) is 0 Å². The maximum absolute atomic E-state index is 12.6. The number of hydrogen-bond acceptors (Lipinski definition) is 5. The number of piperidine rings is 1. The summed E-state index contributed by atoms with van der Waals surface area (Å²) in [6.45, 7) is 9.02. The quantitative estimate of drug-likeness (QED) is 0.739. The molecule has 0 spiro atoms. The van der Waals surface area contributed by atoms with Gasteiger partial charge in [0.05, 0.1) is 6.20 Å². The number of rotatable bonds is 1. The second kappa shape index (κ2) is 6.85. The minimum Gasteiger partial charge on any atom is -0.531 e. The number of aromatic nitrogens is 2. The molecule has 0 aromatic carbocycles. The van der Waals surface area contributed by atoms with Crippen molar-refractivity contribution in [1.82, 2.24) is 14.9 Å². The number of amides is 1. The van der Waals surface area contributed by atoms with Gasteiger partial charge in [0.2, 0.25) is 0 Å². The van der Waals surface area contributed by atoms with Gasteiger partial charge in [-0.1, -0.05) is 6.92 Å². The Morgan fingerprint density at radius 3 is 3.00 bits per heavy atom. The van der Waals surface area contributed by atoms with Crippen molar-refractivity contribution < 1.29 is 19.2 Å². The first-order chi connectivity index (χ1) is 13.2. The molecule has 2 aromatic rings. The van der Waals surface area contributed by atoms with Gasteiger partial charge < -0.3 is 24.3 Å². The van der Waals surface area contributed by atoms with Crippen LogP contribution in [0.1, 0.15) is 39.7 Å². The predicted octanol–water partition coefficient (Wildman–Crippen LogP) is 3.25. The molecule has 8 heteroatoms. The number of aromatic amines is 1. The van der Waals surface area contributed by atoms with Crippen molar-refractivity contribution in [2.45, 2.75) is 39.7 Å². The van der Waals surface area contributed by atoms with Crippen molar-refractivity contribution in [3.63, 3.8) is 0 Å². The summed E-state index contributed by atoms with van der Waals surface area (Å²) in [6, 6.07) is 1.97. The molecule has 2 aliphatic rings. The Balaban J connectivity index is 1.69. The maximum Gasteiger partial charge on any atom is 0.552 e. The molecule has 1 amide bonds. The number of hydrogen-bond donors (Lipinski definition) is 2. The van der Waals surface area contributed by atoms with Gasteiger partial charge in [0.1, 0.15) is 17.0 Å². The fourth-order valence-corrected chi connectivity index (χ4v) is 4.05. The van der Waals surface area contributed by atoms with Crippen LogP contribution in [-0.2, 0) is 4.74 Å². The first-order valence-corrected chi connectivity index (χ1v) is 9.74. The first-order valence-electron chi connectivity index (χ1n) is 9.74. The number of ether oxygens (including phenoxy) is 1. The van der Waals surface area contributed by atoms with Crippen molar-refractivity contribution in [2.75, 3.05) is 13.1 Å². The lowest BCUT2D eigenvalue weighted by Crippen LogP contribution is -2.46. The van der Waals surface area contributed by atoms with Crippen molar-refractivity contribution in [1.29, 1.82) is 0 Å². The highest BCUT2D eigenvalue weighted by atomic mass is 16.6.